The van der Waals surface area contributed by atoms with Crippen molar-refractivity contribution < 1.29 is 4.74 Å². The molecule has 1 N–H and O–H groups in total. The molecule has 3 nitrogen and oxygen atoms in total. The fourth-order valence-electron chi connectivity index (χ4n) is 2.09. The fourth-order valence-corrected chi connectivity index (χ4v) is 2.94. The third-order valence-electron chi connectivity index (χ3n) is 3.42. The summed E-state index contributed by atoms with van der Waals surface area (Å²) in [7, 11) is 2.20. The monoisotopic (exact) mass is 254 g/mol. The van der Waals surface area contributed by atoms with E-state index in [0.29, 0.717) is 12.1 Å². The largest absolute Gasteiger partial charge is 0.376 e. The van der Waals surface area contributed by atoms with E-state index < -0.39 is 0 Å². The topological polar surface area (TPSA) is 24.5 Å². The molecule has 1 saturated heterocycles. The van der Waals surface area contributed by atoms with Gasteiger partial charge in [-0.25, -0.2) is 0 Å². The zero-order valence-corrected chi connectivity index (χ0v) is 11.5. The molecule has 0 amide bonds. The van der Waals surface area contributed by atoms with Gasteiger partial charge in [-0.3, -0.25) is 4.90 Å². The number of morpholine rings is 1. The Morgan fingerprint density at radius 3 is 3.18 bits per heavy atom. The van der Waals surface area contributed by atoms with Crippen LogP contribution in [0.25, 0.3) is 0 Å². The molecule has 4 heteroatoms. The molecule has 2 unspecified atom stereocenters. The quantitative estimate of drug-likeness (QED) is 0.871. The van der Waals surface area contributed by atoms with Crippen LogP contribution in [0, 0.1) is 0 Å². The summed E-state index contributed by atoms with van der Waals surface area (Å²) in [5, 5.41) is 5.52. The zero-order chi connectivity index (χ0) is 12.1. The molecule has 0 bridgehead atoms. The first-order valence-corrected chi connectivity index (χ1v) is 7.21. The molecule has 1 aliphatic rings. The van der Waals surface area contributed by atoms with Crippen LogP contribution in [-0.4, -0.2) is 44.3 Å². The Bertz CT molecular complexity index is 309. The minimum Gasteiger partial charge on any atom is -0.376 e. The standard InChI is InChI=1S/C13H22N2OS/c1-11(13-4-3-9-17-13)15(2)7-5-12-10-14-6-8-16-12/h3-4,9,11-12,14H,5-8,10H2,1-2H3. The van der Waals surface area contributed by atoms with Gasteiger partial charge in [-0.15, -0.1) is 11.3 Å². The minimum absolute atomic E-state index is 0.390. The van der Waals surface area contributed by atoms with Gasteiger partial charge in [0.05, 0.1) is 12.7 Å². The molecule has 1 fully saturated rings. The van der Waals surface area contributed by atoms with Gasteiger partial charge in [-0.1, -0.05) is 6.07 Å². The van der Waals surface area contributed by atoms with Crippen molar-refractivity contribution in [1.82, 2.24) is 10.2 Å². The number of hydrogen-bond acceptors (Lipinski definition) is 4. The van der Waals surface area contributed by atoms with Gasteiger partial charge in [0.1, 0.15) is 0 Å². The molecule has 17 heavy (non-hydrogen) atoms. The molecule has 0 aromatic carbocycles. The predicted molar refractivity (Wildman–Crippen MR) is 72.6 cm³/mol. The van der Waals surface area contributed by atoms with Crippen molar-refractivity contribution >= 4 is 11.3 Å². The van der Waals surface area contributed by atoms with Crippen molar-refractivity contribution in [2.24, 2.45) is 0 Å². The van der Waals surface area contributed by atoms with Crippen LogP contribution in [0.1, 0.15) is 24.3 Å². The van der Waals surface area contributed by atoms with Crippen LogP contribution in [0.15, 0.2) is 17.5 Å². The van der Waals surface area contributed by atoms with Crippen molar-refractivity contribution in [3.8, 4) is 0 Å². The van der Waals surface area contributed by atoms with Crippen molar-refractivity contribution in [3.63, 3.8) is 0 Å². The molecular weight excluding hydrogens is 232 g/mol. The van der Waals surface area contributed by atoms with Crippen LogP contribution in [0.2, 0.25) is 0 Å². The highest BCUT2D eigenvalue weighted by Crippen LogP contribution is 2.23. The molecule has 96 valence electrons. The summed E-state index contributed by atoms with van der Waals surface area (Å²) >= 11 is 1.84. The van der Waals surface area contributed by atoms with Gasteiger partial charge in [-0.05, 0) is 31.8 Å². The first-order valence-electron chi connectivity index (χ1n) is 6.33. The van der Waals surface area contributed by atoms with Gasteiger partial charge in [0.25, 0.3) is 0 Å². The average Bonchev–Trinajstić information content (AvgIpc) is 2.90. The molecule has 2 rings (SSSR count). The summed E-state index contributed by atoms with van der Waals surface area (Å²) in [6, 6.07) is 4.84. The average molecular weight is 254 g/mol. The van der Waals surface area contributed by atoms with Crippen LogP contribution in [0.5, 0.6) is 0 Å². The number of rotatable bonds is 5. The van der Waals surface area contributed by atoms with Gasteiger partial charge >= 0.3 is 0 Å². The van der Waals surface area contributed by atoms with E-state index in [4.69, 9.17) is 4.74 Å². The lowest BCUT2D eigenvalue weighted by molar-refractivity contribution is 0.0169. The number of nitrogens with zero attached hydrogens (tertiary/aromatic N) is 1. The highest BCUT2D eigenvalue weighted by atomic mass is 32.1. The summed E-state index contributed by atoms with van der Waals surface area (Å²) in [5.41, 5.74) is 0. The first-order chi connectivity index (χ1) is 8.27. The predicted octanol–water partition coefficient (Wildman–Crippen LogP) is 2.12. The van der Waals surface area contributed by atoms with E-state index in [1.54, 1.807) is 0 Å². The lowest BCUT2D eigenvalue weighted by atomic mass is 10.2. The Hall–Kier alpha value is -0.420. The Balaban J connectivity index is 1.74. The smallest absolute Gasteiger partial charge is 0.0712 e. The Labute approximate surface area is 108 Å². The van der Waals surface area contributed by atoms with Crippen molar-refractivity contribution in [2.75, 3.05) is 33.3 Å². The van der Waals surface area contributed by atoms with Gasteiger partial charge in [0, 0.05) is 30.6 Å². The molecule has 0 aliphatic carbocycles. The summed E-state index contributed by atoms with van der Waals surface area (Å²) in [5.74, 6) is 0. The van der Waals surface area contributed by atoms with Gasteiger partial charge in [-0.2, -0.15) is 0 Å². The van der Waals surface area contributed by atoms with Gasteiger partial charge in [0.15, 0.2) is 0 Å². The zero-order valence-electron chi connectivity index (χ0n) is 10.7. The normalized spacial score (nSPS) is 22.9. The van der Waals surface area contributed by atoms with Gasteiger partial charge < -0.3 is 10.1 Å². The van der Waals surface area contributed by atoms with Crippen molar-refractivity contribution in [3.05, 3.63) is 22.4 Å². The molecule has 1 aromatic heterocycles. The summed E-state index contributed by atoms with van der Waals surface area (Å²) < 4.78 is 5.71. The molecule has 1 aromatic rings. The second-order valence-corrected chi connectivity index (χ2v) is 5.64. The molecule has 0 saturated carbocycles. The third kappa shape index (κ3) is 3.78. The SMILES string of the molecule is CC(c1cccs1)N(C)CCC1CNCCO1. The van der Waals surface area contributed by atoms with Crippen LogP contribution < -0.4 is 5.32 Å². The van der Waals surface area contributed by atoms with Crippen molar-refractivity contribution in [1.29, 1.82) is 0 Å². The maximum Gasteiger partial charge on any atom is 0.0712 e. The Kier molecular flexibility index (Phi) is 4.98. The summed E-state index contributed by atoms with van der Waals surface area (Å²) in [4.78, 5) is 3.85. The number of hydrogen-bond donors (Lipinski definition) is 1. The van der Waals surface area contributed by atoms with E-state index >= 15 is 0 Å². The molecule has 2 atom stereocenters. The van der Waals surface area contributed by atoms with Gasteiger partial charge in [0.2, 0.25) is 0 Å². The lowest BCUT2D eigenvalue weighted by Crippen LogP contribution is -2.40. The number of ether oxygens (including phenoxy) is 1. The van der Waals surface area contributed by atoms with E-state index in [0.717, 1.165) is 32.7 Å². The molecule has 0 spiro atoms. The van der Waals surface area contributed by atoms with Crippen molar-refractivity contribution in [2.45, 2.75) is 25.5 Å². The number of thiophene rings is 1. The molecule has 1 aliphatic heterocycles. The second-order valence-electron chi connectivity index (χ2n) is 4.66. The second kappa shape index (κ2) is 6.50. The van der Waals surface area contributed by atoms with Crippen LogP contribution in [0.3, 0.4) is 0 Å². The first kappa shape index (κ1) is 13.0. The Morgan fingerprint density at radius 2 is 2.53 bits per heavy atom. The summed E-state index contributed by atoms with van der Waals surface area (Å²) in [6.07, 6.45) is 1.50. The maximum absolute atomic E-state index is 5.71. The fraction of sp³-hybridized carbons (Fsp3) is 0.692. The van der Waals surface area contributed by atoms with E-state index in [2.05, 4.69) is 41.7 Å². The van der Waals surface area contributed by atoms with Crippen LogP contribution in [-0.2, 0) is 4.74 Å². The minimum atomic E-state index is 0.390. The third-order valence-corrected chi connectivity index (χ3v) is 4.47. The van der Waals surface area contributed by atoms with Crippen LogP contribution in [0.4, 0.5) is 0 Å². The molecule has 2 heterocycles. The van der Waals surface area contributed by atoms with E-state index in [9.17, 15) is 0 Å². The highest BCUT2D eigenvalue weighted by molar-refractivity contribution is 7.10. The molecular formula is C13H22N2OS. The van der Waals surface area contributed by atoms with Crippen LogP contribution >= 0.6 is 11.3 Å². The maximum atomic E-state index is 5.71. The number of nitrogens with one attached hydrogen (secondary N) is 1. The molecule has 0 radical (unpaired) electrons. The summed E-state index contributed by atoms with van der Waals surface area (Å²) in [6.45, 7) is 6.21. The highest BCUT2D eigenvalue weighted by Gasteiger charge is 2.17. The van der Waals surface area contributed by atoms with E-state index in [1.165, 1.54) is 4.88 Å². The van der Waals surface area contributed by atoms with E-state index in [1.807, 2.05) is 11.3 Å². The van der Waals surface area contributed by atoms with E-state index in [-0.39, 0.29) is 0 Å². The Morgan fingerprint density at radius 1 is 1.65 bits per heavy atom. The lowest BCUT2D eigenvalue weighted by Gasteiger charge is -2.28.